The van der Waals surface area contributed by atoms with E-state index in [-0.39, 0.29) is 5.69 Å². The third kappa shape index (κ3) is 4.40. The second-order valence-electron chi connectivity index (χ2n) is 4.75. The molecule has 19 heavy (non-hydrogen) atoms. The van der Waals surface area contributed by atoms with Crippen molar-refractivity contribution in [1.29, 1.82) is 0 Å². The number of carbonyl (C=O) groups is 2. The minimum atomic E-state index is -1.48. The summed E-state index contributed by atoms with van der Waals surface area (Å²) < 4.78 is 18.4. The fourth-order valence-corrected chi connectivity index (χ4v) is 1.46. The molecule has 0 aliphatic heterocycles. The second-order valence-corrected chi connectivity index (χ2v) is 5.16. The van der Waals surface area contributed by atoms with Gasteiger partial charge in [0.05, 0.1) is 10.6 Å². The average Bonchev–Trinajstić information content (AvgIpc) is 2.19. The van der Waals surface area contributed by atoms with E-state index < -0.39 is 34.1 Å². The lowest BCUT2D eigenvalue weighted by Gasteiger charge is -2.19. The molecule has 0 aliphatic rings. The zero-order chi connectivity index (χ0) is 14.8. The first-order valence-corrected chi connectivity index (χ1v) is 5.70. The van der Waals surface area contributed by atoms with Gasteiger partial charge in [0.25, 0.3) is 0 Å². The molecular formula is C12H13ClFNO4. The standard InChI is InChI=1S/C12H13ClFNO4/c1-12(2,3)19-11(18)15-6-4-7(10(16)17)9(14)8(13)5-6/h4-5H,1-3H3,(H,15,18)(H,16,17). The third-order valence-corrected chi connectivity index (χ3v) is 2.18. The molecule has 104 valence electrons. The molecule has 0 aromatic heterocycles. The van der Waals surface area contributed by atoms with E-state index in [1.165, 1.54) is 0 Å². The highest BCUT2D eigenvalue weighted by atomic mass is 35.5. The van der Waals surface area contributed by atoms with Crippen LogP contribution in [0, 0.1) is 5.82 Å². The van der Waals surface area contributed by atoms with Crippen LogP contribution in [-0.2, 0) is 4.74 Å². The van der Waals surface area contributed by atoms with Gasteiger partial charge in [-0.1, -0.05) is 11.6 Å². The highest BCUT2D eigenvalue weighted by Crippen LogP contribution is 2.24. The predicted molar refractivity (Wildman–Crippen MR) is 68.2 cm³/mol. The highest BCUT2D eigenvalue weighted by molar-refractivity contribution is 6.31. The molecule has 0 fully saturated rings. The van der Waals surface area contributed by atoms with Gasteiger partial charge in [-0.05, 0) is 32.9 Å². The van der Waals surface area contributed by atoms with Crippen molar-refractivity contribution in [2.24, 2.45) is 0 Å². The van der Waals surface area contributed by atoms with Gasteiger partial charge in [-0.3, -0.25) is 5.32 Å². The topological polar surface area (TPSA) is 75.6 Å². The molecule has 0 spiro atoms. The van der Waals surface area contributed by atoms with Crippen molar-refractivity contribution in [2.45, 2.75) is 26.4 Å². The van der Waals surface area contributed by atoms with Crippen molar-refractivity contribution in [1.82, 2.24) is 0 Å². The molecule has 5 nitrogen and oxygen atoms in total. The number of ether oxygens (including phenoxy) is 1. The smallest absolute Gasteiger partial charge is 0.412 e. The Morgan fingerprint density at radius 3 is 2.42 bits per heavy atom. The van der Waals surface area contributed by atoms with Gasteiger partial charge in [0.2, 0.25) is 0 Å². The summed E-state index contributed by atoms with van der Waals surface area (Å²) in [6, 6.07) is 2.07. The first-order chi connectivity index (χ1) is 8.60. The number of benzene rings is 1. The number of carboxylic acids is 1. The van der Waals surface area contributed by atoms with Crippen LogP contribution in [0.4, 0.5) is 14.9 Å². The van der Waals surface area contributed by atoms with Crippen molar-refractivity contribution in [3.05, 3.63) is 28.5 Å². The first kappa shape index (κ1) is 15.2. The largest absolute Gasteiger partial charge is 0.478 e. The van der Waals surface area contributed by atoms with E-state index in [1.54, 1.807) is 20.8 Å². The maximum absolute atomic E-state index is 13.4. The molecule has 1 rings (SSSR count). The zero-order valence-electron chi connectivity index (χ0n) is 10.6. The summed E-state index contributed by atoms with van der Waals surface area (Å²) in [4.78, 5) is 22.3. The van der Waals surface area contributed by atoms with Crippen LogP contribution < -0.4 is 5.32 Å². The van der Waals surface area contributed by atoms with Gasteiger partial charge >= 0.3 is 12.1 Å². The van der Waals surface area contributed by atoms with Crippen molar-refractivity contribution < 1.29 is 23.8 Å². The van der Waals surface area contributed by atoms with Crippen molar-refractivity contribution >= 4 is 29.4 Å². The maximum atomic E-state index is 13.4. The Balaban J connectivity index is 2.97. The Labute approximate surface area is 114 Å². The van der Waals surface area contributed by atoms with E-state index in [0.29, 0.717) is 0 Å². The zero-order valence-corrected chi connectivity index (χ0v) is 11.3. The normalized spacial score (nSPS) is 11.0. The summed E-state index contributed by atoms with van der Waals surface area (Å²) >= 11 is 5.55. The summed E-state index contributed by atoms with van der Waals surface area (Å²) in [5.41, 5.74) is -1.29. The van der Waals surface area contributed by atoms with Gasteiger partial charge in [-0.25, -0.2) is 14.0 Å². The van der Waals surface area contributed by atoms with Crippen LogP contribution in [0.2, 0.25) is 5.02 Å². The van der Waals surface area contributed by atoms with E-state index in [9.17, 15) is 14.0 Å². The molecule has 0 aliphatic carbocycles. The van der Waals surface area contributed by atoms with E-state index in [4.69, 9.17) is 21.4 Å². The Hall–Kier alpha value is -1.82. The molecule has 1 aromatic rings. The number of aromatic carboxylic acids is 1. The summed E-state index contributed by atoms with van der Waals surface area (Å²) in [6.45, 7) is 5.02. The number of amides is 1. The highest BCUT2D eigenvalue weighted by Gasteiger charge is 2.19. The molecule has 2 N–H and O–H groups in total. The molecule has 1 amide bonds. The van der Waals surface area contributed by atoms with Crippen LogP contribution in [0.15, 0.2) is 12.1 Å². The lowest BCUT2D eigenvalue weighted by molar-refractivity contribution is 0.0632. The average molecular weight is 290 g/mol. The van der Waals surface area contributed by atoms with Crippen LogP contribution in [0.1, 0.15) is 31.1 Å². The number of carboxylic acid groups (broad SMARTS) is 1. The van der Waals surface area contributed by atoms with Crippen LogP contribution in [0.25, 0.3) is 0 Å². The summed E-state index contributed by atoms with van der Waals surface area (Å²) in [5, 5.41) is 10.7. The Kier molecular flexibility index (Phi) is 4.36. The van der Waals surface area contributed by atoms with Crippen molar-refractivity contribution in [3.63, 3.8) is 0 Å². The Morgan fingerprint density at radius 1 is 1.37 bits per heavy atom. The predicted octanol–water partition coefficient (Wildman–Crippen LogP) is 3.52. The molecule has 0 heterocycles. The quantitative estimate of drug-likeness (QED) is 0.873. The molecule has 0 bridgehead atoms. The number of carbonyl (C=O) groups excluding carboxylic acids is 1. The minimum absolute atomic E-state index is 0.0399. The van der Waals surface area contributed by atoms with E-state index in [1.807, 2.05) is 0 Å². The Morgan fingerprint density at radius 2 is 1.95 bits per heavy atom. The van der Waals surface area contributed by atoms with Gasteiger partial charge < -0.3 is 9.84 Å². The van der Waals surface area contributed by atoms with Crippen molar-refractivity contribution in [2.75, 3.05) is 5.32 Å². The van der Waals surface area contributed by atoms with Gasteiger partial charge in [0, 0.05) is 5.69 Å². The summed E-state index contributed by atoms with van der Waals surface area (Å²) in [7, 11) is 0. The molecule has 0 atom stereocenters. The number of nitrogens with one attached hydrogen (secondary N) is 1. The minimum Gasteiger partial charge on any atom is -0.478 e. The van der Waals surface area contributed by atoms with E-state index in [0.717, 1.165) is 12.1 Å². The van der Waals surface area contributed by atoms with Gasteiger partial charge in [-0.2, -0.15) is 0 Å². The van der Waals surface area contributed by atoms with E-state index >= 15 is 0 Å². The van der Waals surface area contributed by atoms with Gasteiger partial charge in [0.15, 0.2) is 5.82 Å². The lowest BCUT2D eigenvalue weighted by Crippen LogP contribution is -2.27. The molecule has 0 radical (unpaired) electrons. The fourth-order valence-electron chi connectivity index (χ4n) is 1.24. The van der Waals surface area contributed by atoms with Gasteiger partial charge in [0.1, 0.15) is 5.60 Å². The monoisotopic (exact) mass is 289 g/mol. The number of hydrogen-bond acceptors (Lipinski definition) is 3. The SMILES string of the molecule is CC(C)(C)OC(=O)Nc1cc(Cl)c(F)c(C(=O)O)c1. The fraction of sp³-hybridized carbons (Fsp3) is 0.333. The number of halogens is 2. The Bertz CT molecular complexity index is 525. The molecule has 0 unspecified atom stereocenters. The van der Waals surface area contributed by atoms with Crippen LogP contribution in [0.3, 0.4) is 0 Å². The van der Waals surface area contributed by atoms with Gasteiger partial charge in [-0.15, -0.1) is 0 Å². The third-order valence-electron chi connectivity index (χ3n) is 1.90. The second kappa shape index (κ2) is 5.44. The van der Waals surface area contributed by atoms with Crippen LogP contribution in [-0.4, -0.2) is 22.8 Å². The first-order valence-electron chi connectivity index (χ1n) is 5.32. The summed E-state index contributed by atoms with van der Waals surface area (Å²) in [6.07, 6.45) is -0.786. The number of anilines is 1. The maximum Gasteiger partial charge on any atom is 0.412 e. The molecular weight excluding hydrogens is 277 g/mol. The molecule has 1 aromatic carbocycles. The van der Waals surface area contributed by atoms with Crippen LogP contribution >= 0.6 is 11.6 Å². The summed E-state index contributed by atoms with van der Waals surface area (Å²) in [5.74, 6) is -2.53. The molecule has 7 heteroatoms. The van der Waals surface area contributed by atoms with Crippen LogP contribution in [0.5, 0.6) is 0 Å². The molecule has 0 saturated heterocycles. The lowest BCUT2D eigenvalue weighted by atomic mass is 10.2. The van der Waals surface area contributed by atoms with Crippen molar-refractivity contribution in [3.8, 4) is 0 Å². The van der Waals surface area contributed by atoms with E-state index in [2.05, 4.69) is 5.32 Å². The molecule has 0 saturated carbocycles. The number of hydrogen-bond donors (Lipinski definition) is 2. The number of rotatable bonds is 2.